The van der Waals surface area contributed by atoms with Crippen LogP contribution in [0.5, 0.6) is 0 Å². The summed E-state index contributed by atoms with van der Waals surface area (Å²) < 4.78 is 5.37. The van der Waals surface area contributed by atoms with Gasteiger partial charge in [-0.3, -0.25) is 14.4 Å². The number of hydrogen-bond donors (Lipinski definition) is 3. The molecule has 2 unspecified atom stereocenters. The van der Waals surface area contributed by atoms with E-state index >= 15 is 0 Å². The third kappa shape index (κ3) is 9.42. The van der Waals surface area contributed by atoms with E-state index in [1.54, 1.807) is 32.9 Å². The number of anilines is 1. The lowest BCUT2D eigenvalue weighted by Gasteiger charge is -2.43. The normalized spacial score (nSPS) is 13.1. The van der Waals surface area contributed by atoms with Crippen LogP contribution in [-0.4, -0.2) is 45.9 Å². The van der Waals surface area contributed by atoms with Gasteiger partial charge in [0.1, 0.15) is 17.7 Å². The Hall–Kier alpha value is -3.88. The van der Waals surface area contributed by atoms with Gasteiger partial charge in [0.2, 0.25) is 11.8 Å². The highest BCUT2D eigenvalue weighted by Gasteiger charge is 2.42. The zero-order valence-electron chi connectivity index (χ0n) is 24.3. The third-order valence-electron chi connectivity index (χ3n) is 5.90. The van der Waals surface area contributed by atoms with Crippen molar-refractivity contribution >= 4 is 29.5 Å². The zero-order valence-corrected chi connectivity index (χ0v) is 24.3. The van der Waals surface area contributed by atoms with Gasteiger partial charge in [-0.15, -0.1) is 0 Å². The van der Waals surface area contributed by atoms with Gasteiger partial charge in [-0.05, 0) is 79.0 Å². The molecule has 9 nitrogen and oxygen atoms in total. The first-order chi connectivity index (χ1) is 18.0. The van der Waals surface area contributed by atoms with E-state index in [4.69, 9.17) is 10.5 Å². The van der Waals surface area contributed by atoms with Gasteiger partial charge in [0.15, 0.2) is 0 Å². The first-order valence-corrected chi connectivity index (χ1v) is 13.0. The number of ether oxygens (including phenoxy) is 1. The molecule has 0 spiro atoms. The maximum Gasteiger partial charge on any atom is 0.408 e. The average Bonchev–Trinajstić information content (AvgIpc) is 2.79. The summed E-state index contributed by atoms with van der Waals surface area (Å²) in [7, 11) is 0. The third-order valence-corrected chi connectivity index (χ3v) is 5.90. The minimum atomic E-state index is -1.16. The van der Waals surface area contributed by atoms with Crippen molar-refractivity contribution in [3.8, 4) is 0 Å². The first kappa shape index (κ1) is 31.3. The first-order valence-electron chi connectivity index (χ1n) is 13.0. The Bertz CT molecular complexity index is 1200. The maximum absolute atomic E-state index is 14.3. The number of nitrogens with zero attached hydrogens (tertiary/aromatic N) is 1. The topological polar surface area (TPSA) is 131 Å². The Labute approximate surface area is 231 Å². The highest BCUT2D eigenvalue weighted by Crippen LogP contribution is 2.32. The van der Waals surface area contributed by atoms with Gasteiger partial charge in [0.25, 0.3) is 5.91 Å². The molecular weight excluding hydrogens is 496 g/mol. The van der Waals surface area contributed by atoms with Crippen molar-refractivity contribution in [1.82, 2.24) is 10.2 Å². The molecule has 2 atom stereocenters. The van der Waals surface area contributed by atoms with Gasteiger partial charge in [-0.25, -0.2) is 4.79 Å². The molecule has 0 aliphatic heterocycles. The molecule has 212 valence electrons. The molecule has 2 aromatic rings. The van der Waals surface area contributed by atoms with Crippen LogP contribution in [0, 0.1) is 13.8 Å². The molecule has 0 bridgehead atoms. The number of alkyl carbamates (subject to hydrolysis) is 1. The van der Waals surface area contributed by atoms with Crippen LogP contribution < -0.4 is 16.4 Å². The van der Waals surface area contributed by atoms with Crippen molar-refractivity contribution in [3.05, 3.63) is 65.2 Å². The number of hydrogen-bond acceptors (Lipinski definition) is 5. The molecule has 4 amide bonds. The van der Waals surface area contributed by atoms with E-state index in [0.717, 1.165) is 11.1 Å². The smallest absolute Gasteiger partial charge is 0.408 e. The van der Waals surface area contributed by atoms with Crippen molar-refractivity contribution < 1.29 is 23.9 Å². The second kappa shape index (κ2) is 12.8. The Balaban J connectivity index is 2.60. The number of benzene rings is 2. The van der Waals surface area contributed by atoms with Crippen LogP contribution in [0.15, 0.2) is 48.5 Å². The molecule has 4 N–H and O–H groups in total. The summed E-state index contributed by atoms with van der Waals surface area (Å²) in [4.78, 5) is 54.0. The van der Waals surface area contributed by atoms with Crippen molar-refractivity contribution in [3.63, 3.8) is 0 Å². The molecular formula is C30H42N4O5. The molecule has 0 saturated carbocycles. The molecule has 0 aliphatic carbocycles. The Morgan fingerprint density at radius 2 is 1.59 bits per heavy atom. The van der Waals surface area contributed by atoms with Gasteiger partial charge in [-0.2, -0.15) is 0 Å². The van der Waals surface area contributed by atoms with Gasteiger partial charge in [0.05, 0.1) is 0 Å². The lowest BCUT2D eigenvalue weighted by molar-refractivity contribution is -0.147. The molecule has 0 heterocycles. The van der Waals surface area contributed by atoms with Crippen LogP contribution in [0.25, 0.3) is 0 Å². The van der Waals surface area contributed by atoms with Gasteiger partial charge < -0.3 is 26.0 Å². The van der Waals surface area contributed by atoms with Crippen molar-refractivity contribution in [2.45, 2.75) is 91.5 Å². The summed E-state index contributed by atoms with van der Waals surface area (Å²) in [5.41, 5.74) is 6.73. The van der Waals surface area contributed by atoms with E-state index in [-0.39, 0.29) is 12.8 Å². The minimum absolute atomic E-state index is 0.0556. The number of rotatable bonds is 9. The Morgan fingerprint density at radius 3 is 2.13 bits per heavy atom. The van der Waals surface area contributed by atoms with E-state index in [2.05, 4.69) is 10.6 Å². The summed E-state index contributed by atoms with van der Waals surface area (Å²) in [6, 6.07) is 12.5. The Morgan fingerprint density at radius 1 is 0.949 bits per heavy atom. The van der Waals surface area contributed by atoms with Crippen molar-refractivity contribution in [1.29, 1.82) is 0 Å². The number of nitrogens with one attached hydrogen (secondary N) is 2. The largest absolute Gasteiger partial charge is 0.444 e. The average molecular weight is 539 g/mol. The summed E-state index contributed by atoms with van der Waals surface area (Å²) in [6.07, 6.45) is -1.01. The molecule has 0 aliphatic rings. The van der Waals surface area contributed by atoms with Crippen LogP contribution in [0.2, 0.25) is 0 Å². The molecule has 9 heteroatoms. The summed E-state index contributed by atoms with van der Waals surface area (Å²) in [5.74, 6) is -1.57. The second-order valence-electron chi connectivity index (χ2n) is 11.7. The zero-order chi connectivity index (χ0) is 29.5. The number of carbonyl (C=O) groups is 4. The Kier molecular flexibility index (Phi) is 10.3. The lowest BCUT2D eigenvalue weighted by Crippen LogP contribution is -2.58. The van der Waals surface area contributed by atoms with Crippen LogP contribution in [-0.2, 0) is 19.1 Å². The molecule has 39 heavy (non-hydrogen) atoms. The SMILES string of the molecule is Cc1cccc(C(C(=O)Nc2ccccc2C)N(C(=O)C(CCC(N)=O)NC(=O)OC(C)(C)C)C(C)(C)C)c1. The second-order valence-corrected chi connectivity index (χ2v) is 11.7. The number of para-hydroxylation sites is 1. The van der Waals surface area contributed by atoms with Crippen molar-refractivity contribution in [2.24, 2.45) is 5.73 Å². The highest BCUT2D eigenvalue weighted by molar-refractivity contribution is 5.99. The van der Waals surface area contributed by atoms with Gasteiger partial charge >= 0.3 is 6.09 Å². The molecule has 2 rings (SSSR count). The molecule has 0 aromatic heterocycles. The number of primary amides is 1. The number of carbonyl (C=O) groups excluding carboxylic acids is 4. The molecule has 2 aromatic carbocycles. The lowest BCUT2D eigenvalue weighted by atomic mass is 9.93. The van der Waals surface area contributed by atoms with Gasteiger partial charge in [-0.1, -0.05) is 48.0 Å². The minimum Gasteiger partial charge on any atom is -0.444 e. The number of amides is 4. The molecule has 0 fully saturated rings. The van der Waals surface area contributed by atoms with E-state index < -0.39 is 47.0 Å². The summed E-state index contributed by atoms with van der Waals surface area (Å²) in [5, 5.41) is 5.58. The van der Waals surface area contributed by atoms with Crippen LogP contribution in [0.4, 0.5) is 10.5 Å². The predicted molar refractivity (Wildman–Crippen MR) is 152 cm³/mol. The van der Waals surface area contributed by atoms with E-state index in [9.17, 15) is 19.2 Å². The number of aryl methyl sites for hydroxylation is 2. The van der Waals surface area contributed by atoms with E-state index in [0.29, 0.717) is 11.3 Å². The van der Waals surface area contributed by atoms with Crippen LogP contribution in [0.1, 0.15) is 77.1 Å². The van der Waals surface area contributed by atoms with E-state index in [1.807, 2.05) is 71.0 Å². The number of nitrogens with two attached hydrogens (primary N) is 1. The maximum atomic E-state index is 14.3. The predicted octanol–water partition coefficient (Wildman–Crippen LogP) is 4.77. The fraction of sp³-hybridized carbons (Fsp3) is 0.467. The van der Waals surface area contributed by atoms with E-state index in [1.165, 1.54) is 4.90 Å². The monoisotopic (exact) mass is 538 g/mol. The van der Waals surface area contributed by atoms with Crippen molar-refractivity contribution in [2.75, 3.05) is 5.32 Å². The van der Waals surface area contributed by atoms with Crippen LogP contribution >= 0.6 is 0 Å². The molecule has 0 saturated heterocycles. The van der Waals surface area contributed by atoms with Gasteiger partial charge in [0, 0.05) is 17.6 Å². The summed E-state index contributed by atoms with van der Waals surface area (Å²) in [6.45, 7) is 14.3. The highest BCUT2D eigenvalue weighted by atomic mass is 16.6. The molecule has 0 radical (unpaired) electrons. The summed E-state index contributed by atoms with van der Waals surface area (Å²) >= 11 is 0. The quantitative estimate of drug-likeness (QED) is 0.423. The van der Waals surface area contributed by atoms with Crippen LogP contribution in [0.3, 0.4) is 0 Å². The standard InChI is InChI=1S/C30H42N4O5/c1-19-12-11-14-21(18-19)25(26(36)32-22-15-10-9-13-20(22)2)34(29(3,4)5)27(37)23(16-17-24(31)35)33-28(38)39-30(6,7)8/h9-15,18,23,25H,16-17H2,1-8H3,(H2,31,35)(H,32,36)(H,33,38). The fourth-order valence-corrected chi connectivity index (χ4v) is 4.18. The fourth-order valence-electron chi connectivity index (χ4n) is 4.18.